The lowest BCUT2D eigenvalue weighted by Gasteiger charge is -2.09. The van der Waals surface area contributed by atoms with Crippen LogP contribution in [0, 0.1) is 5.82 Å². The topological polar surface area (TPSA) is 76.7 Å². The third-order valence-corrected chi connectivity index (χ3v) is 2.68. The summed E-state index contributed by atoms with van der Waals surface area (Å²) in [5.74, 6) is -2.23. The number of aromatic carboxylic acids is 1. The minimum absolute atomic E-state index is 0.112. The van der Waals surface area contributed by atoms with Gasteiger partial charge in [-0.25, -0.2) is 18.7 Å². The molecule has 1 aromatic carbocycles. The van der Waals surface area contributed by atoms with Crippen LogP contribution < -0.4 is 4.74 Å². The average molecular weight is 273 g/mol. The number of rotatable bonds is 3. The Labute approximate surface area is 112 Å². The largest absolute Gasteiger partial charge is 0.477 e. The van der Waals surface area contributed by atoms with Gasteiger partial charge in [0.05, 0.1) is 6.20 Å². The highest BCUT2D eigenvalue weighted by Crippen LogP contribution is 2.28. The highest BCUT2D eigenvalue weighted by Gasteiger charge is 2.18. The van der Waals surface area contributed by atoms with Gasteiger partial charge in [0.25, 0.3) is 0 Å². The van der Waals surface area contributed by atoms with Crippen LogP contribution in [0.1, 0.15) is 10.4 Å². The molecule has 0 fully saturated rings. The molecule has 0 atom stereocenters. The number of hydrogen-bond donors (Lipinski definition) is 1. The fourth-order valence-electron chi connectivity index (χ4n) is 1.81. The molecule has 0 bridgehead atoms. The Hall–Kier alpha value is -2.96. The minimum Gasteiger partial charge on any atom is -0.477 e. The number of aromatic nitrogens is 3. The van der Waals surface area contributed by atoms with E-state index in [0.29, 0.717) is 5.52 Å². The first-order valence-corrected chi connectivity index (χ1v) is 5.65. The van der Waals surface area contributed by atoms with Crippen LogP contribution in [-0.4, -0.2) is 25.7 Å². The predicted octanol–water partition coefficient (Wildman–Crippen LogP) is 2.36. The van der Waals surface area contributed by atoms with Crippen molar-refractivity contribution in [3.05, 3.63) is 54.2 Å². The lowest BCUT2D eigenvalue weighted by molar-refractivity contribution is 0.0689. The quantitative estimate of drug-likeness (QED) is 0.792. The summed E-state index contributed by atoms with van der Waals surface area (Å²) in [6.07, 6.45) is 4.62. The van der Waals surface area contributed by atoms with Crippen LogP contribution in [-0.2, 0) is 0 Å². The first kappa shape index (κ1) is 12.1. The molecule has 0 saturated carbocycles. The molecule has 2 aromatic heterocycles. The van der Waals surface area contributed by atoms with E-state index in [1.165, 1.54) is 22.8 Å². The van der Waals surface area contributed by atoms with Crippen LogP contribution in [0.25, 0.3) is 5.52 Å². The number of carboxylic acids is 1. The number of ether oxygens (including phenoxy) is 1. The zero-order valence-corrected chi connectivity index (χ0v) is 10.0. The molecular formula is C13H8FN3O3. The van der Waals surface area contributed by atoms with Gasteiger partial charge in [-0.1, -0.05) is 6.07 Å². The number of hydrogen-bond acceptors (Lipinski definition) is 4. The molecule has 0 aliphatic heterocycles. The van der Waals surface area contributed by atoms with Crippen molar-refractivity contribution in [3.63, 3.8) is 0 Å². The Bertz CT molecular complexity index is 800. The molecular weight excluding hydrogens is 265 g/mol. The molecule has 0 spiro atoms. The first-order valence-electron chi connectivity index (χ1n) is 5.65. The molecule has 7 heteroatoms. The maximum atomic E-state index is 13.6. The highest BCUT2D eigenvalue weighted by atomic mass is 19.1. The van der Waals surface area contributed by atoms with E-state index in [2.05, 4.69) is 10.1 Å². The number of carboxylic acid groups (broad SMARTS) is 1. The Kier molecular flexibility index (Phi) is 2.79. The molecule has 0 amide bonds. The molecule has 2 heterocycles. The van der Waals surface area contributed by atoms with Crippen molar-refractivity contribution < 1.29 is 19.0 Å². The minimum atomic E-state index is -1.40. The van der Waals surface area contributed by atoms with Crippen LogP contribution >= 0.6 is 0 Å². The highest BCUT2D eigenvalue weighted by molar-refractivity contribution is 5.91. The van der Waals surface area contributed by atoms with Gasteiger partial charge >= 0.3 is 5.97 Å². The number of nitrogens with zero attached hydrogens (tertiary/aromatic N) is 3. The van der Waals surface area contributed by atoms with E-state index in [9.17, 15) is 9.18 Å². The molecule has 20 heavy (non-hydrogen) atoms. The van der Waals surface area contributed by atoms with E-state index in [1.54, 1.807) is 18.5 Å². The SMILES string of the molecule is O=C(O)c1c(F)cccc1Oc1nccn2nccc12. The van der Waals surface area contributed by atoms with Gasteiger partial charge in [0, 0.05) is 12.4 Å². The zero-order valence-electron chi connectivity index (χ0n) is 10.0. The fraction of sp³-hybridized carbons (Fsp3) is 0. The summed E-state index contributed by atoms with van der Waals surface area (Å²) in [6, 6.07) is 5.45. The van der Waals surface area contributed by atoms with Gasteiger partial charge < -0.3 is 9.84 Å². The Balaban J connectivity index is 2.10. The second-order valence-electron chi connectivity index (χ2n) is 3.91. The second-order valence-corrected chi connectivity index (χ2v) is 3.91. The van der Waals surface area contributed by atoms with E-state index in [4.69, 9.17) is 9.84 Å². The summed E-state index contributed by atoms with van der Waals surface area (Å²) in [7, 11) is 0. The van der Waals surface area contributed by atoms with Crippen molar-refractivity contribution in [3.8, 4) is 11.6 Å². The van der Waals surface area contributed by atoms with Gasteiger partial charge in [-0.2, -0.15) is 5.10 Å². The molecule has 100 valence electrons. The molecule has 1 N–H and O–H groups in total. The molecule has 0 aliphatic rings. The van der Waals surface area contributed by atoms with Gasteiger partial charge in [0.2, 0.25) is 5.88 Å². The van der Waals surface area contributed by atoms with Gasteiger partial charge in [0.1, 0.15) is 22.6 Å². The lowest BCUT2D eigenvalue weighted by Crippen LogP contribution is -2.04. The van der Waals surface area contributed by atoms with Gasteiger partial charge in [0.15, 0.2) is 0 Å². The second kappa shape index (κ2) is 4.61. The molecule has 3 rings (SSSR count). The van der Waals surface area contributed by atoms with Crippen molar-refractivity contribution in [2.45, 2.75) is 0 Å². The van der Waals surface area contributed by atoms with Crippen LogP contribution in [0.5, 0.6) is 11.6 Å². The van der Waals surface area contributed by atoms with Crippen LogP contribution in [0.2, 0.25) is 0 Å². The summed E-state index contributed by atoms with van der Waals surface area (Å²) < 4.78 is 20.5. The fourth-order valence-corrected chi connectivity index (χ4v) is 1.81. The van der Waals surface area contributed by atoms with E-state index >= 15 is 0 Å². The van der Waals surface area contributed by atoms with Crippen LogP contribution in [0.3, 0.4) is 0 Å². The van der Waals surface area contributed by atoms with Crippen molar-refractivity contribution in [2.75, 3.05) is 0 Å². The summed E-state index contributed by atoms with van der Waals surface area (Å²) >= 11 is 0. The van der Waals surface area contributed by atoms with E-state index in [0.717, 1.165) is 6.07 Å². The standard InChI is InChI=1S/C13H8FN3O3/c14-8-2-1-3-10(11(8)13(18)19)20-12-9-4-5-16-17(9)7-6-15-12/h1-7H,(H,18,19). The number of halogens is 1. The van der Waals surface area contributed by atoms with Crippen LogP contribution in [0.4, 0.5) is 4.39 Å². The maximum absolute atomic E-state index is 13.6. The van der Waals surface area contributed by atoms with Crippen molar-refractivity contribution in [1.82, 2.24) is 14.6 Å². The molecule has 0 aliphatic carbocycles. The first-order chi connectivity index (χ1) is 9.66. The van der Waals surface area contributed by atoms with Gasteiger partial charge in [-0.15, -0.1) is 0 Å². The Morgan fingerprint density at radius 1 is 1.30 bits per heavy atom. The maximum Gasteiger partial charge on any atom is 0.342 e. The lowest BCUT2D eigenvalue weighted by atomic mass is 10.2. The van der Waals surface area contributed by atoms with Gasteiger partial charge in [-0.05, 0) is 18.2 Å². The monoisotopic (exact) mass is 273 g/mol. The van der Waals surface area contributed by atoms with E-state index in [1.807, 2.05) is 0 Å². The molecule has 6 nitrogen and oxygen atoms in total. The van der Waals surface area contributed by atoms with Crippen molar-refractivity contribution in [1.29, 1.82) is 0 Å². The Morgan fingerprint density at radius 2 is 2.15 bits per heavy atom. The molecule has 0 unspecified atom stereocenters. The zero-order chi connectivity index (χ0) is 14.1. The predicted molar refractivity (Wildman–Crippen MR) is 66.4 cm³/mol. The molecule has 0 saturated heterocycles. The third kappa shape index (κ3) is 1.95. The number of benzene rings is 1. The smallest absolute Gasteiger partial charge is 0.342 e. The summed E-state index contributed by atoms with van der Waals surface area (Å²) in [4.78, 5) is 15.1. The molecule has 3 aromatic rings. The summed E-state index contributed by atoms with van der Waals surface area (Å²) in [5, 5.41) is 13.0. The van der Waals surface area contributed by atoms with Crippen LogP contribution in [0.15, 0.2) is 42.9 Å². The van der Waals surface area contributed by atoms with E-state index < -0.39 is 17.3 Å². The average Bonchev–Trinajstić information content (AvgIpc) is 2.87. The summed E-state index contributed by atoms with van der Waals surface area (Å²) in [5.41, 5.74) is 0.0175. The normalized spacial score (nSPS) is 10.7. The van der Waals surface area contributed by atoms with Crippen molar-refractivity contribution in [2.24, 2.45) is 0 Å². The molecule has 0 radical (unpaired) electrons. The number of fused-ring (bicyclic) bond motifs is 1. The van der Waals surface area contributed by atoms with Crippen molar-refractivity contribution >= 4 is 11.5 Å². The third-order valence-electron chi connectivity index (χ3n) is 2.68. The van der Waals surface area contributed by atoms with Gasteiger partial charge in [-0.3, -0.25) is 0 Å². The number of carbonyl (C=O) groups is 1. The van der Waals surface area contributed by atoms with E-state index in [-0.39, 0.29) is 11.6 Å². The summed E-state index contributed by atoms with van der Waals surface area (Å²) in [6.45, 7) is 0. The Morgan fingerprint density at radius 3 is 2.95 bits per heavy atom.